The number of carbonyl (C=O) groups excluding carboxylic acids is 2. The normalized spacial score (nSPS) is 19.4. The van der Waals surface area contributed by atoms with Crippen molar-refractivity contribution in [2.24, 2.45) is 5.73 Å². The van der Waals surface area contributed by atoms with Gasteiger partial charge in [-0.05, 0) is 78.4 Å². The summed E-state index contributed by atoms with van der Waals surface area (Å²) in [6, 6.07) is 8.72. The minimum Gasteiger partial charge on any atom is -0.324 e. The Labute approximate surface area is 207 Å². The fourth-order valence-corrected chi connectivity index (χ4v) is 5.54. The Bertz CT molecular complexity index is 1380. The Balaban J connectivity index is 1.62. The van der Waals surface area contributed by atoms with Gasteiger partial charge in [-0.3, -0.25) is 19.6 Å². The van der Waals surface area contributed by atoms with E-state index in [0.29, 0.717) is 24.0 Å². The zero-order chi connectivity index (χ0) is 25.0. The number of amides is 2. The lowest BCUT2D eigenvalue weighted by atomic mass is 9.77. The van der Waals surface area contributed by atoms with E-state index in [9.17, 15) is 22.8 Å². The van der Waals surface area contributed by atoms with Crippen LogP contribution in [0.5, 0.6) is 0 Å². The van der Waals surface area contributed by atoms with Crippen LogP contribution in [-0.4, -0.2) is 38.3 Å². The molecule has 5 rings (SSSR count). The van der Waals surface area contributed by atoms with Crippen molar-refractivity contribution in [1.29, 1.82) is 0 Å². The molecule has 0 atom stereocenters. The molecule has 2 amide bonds. The third kappa shape index (κ3) is 4.57. The van der Waals surface area contributed by atoms with E-state index in [1.165, 1.54) is 12.1 Å². The third-order valence-electron chi connectivity index (χ3n) is 6.48. The molecule has 35 heavy (non-hydrogen) atoms. The van der Waals surface area contributed by atoms with Gasteiger partial charge in [0.1, 0.15) is 0 Å². The van der Waals surface area contributed by atoms with Gasteiger partial charge in [0.2, 0.25) is 0 Å². The Kier molecular flexibility index (Phi) is 5.93. The number of benzene rings is 2. The highest BCUT2D eigenvalue weighted by Crippen LogP contribution is 2.42. The average Bonchev–Trinajstić information content (AvgIpc) is 3.36. The number of H-pyrrole nitrogens is 1. The predicted molar refractivity (Wildman–Crippen MR) is 129 cm³/mol. The molecule has 182 valence electrons. The summed E-state index contributed by atoms with van der Waals surface area (Å²) in [5.74, 6) is -0.540. The van der Waals surface area contributed by atoms with Gasteiger partial charge in [0.15, 0.2) is 0 Å². The number of allylic oxidation sites excluding steroid dienone is 1. The molecular formula is C24H20ClF3N4O2S. The fourth-order valence-electron chi connectivity index (χ4n) is 4.42. The fraction of sp³-hybridized carbons (Fsp3) is 0.292. The van der Waals surface area contributed by atoms with Crippen LogP contribution in [-0.2, 0) is 17.4 Å². The molecule has 2 heterocycles. The average molecular weight is 521 g/mol. The van der Waals surface area contributed by atoms with Crippen LogP contribution in [0.4, 0.5) is 18.0 Å². The molecule has 3 aromatic rings. The van der Waals surface area contributed by atoms with E-state index < -0.39 is 28.4 Å². The molecule has 2 aliphatic rings. The summed E-state index contributed by atoms with van der Waals surface area (Å²) >= 11 is 6.59. The van der Waals surface area contributed by atoms with Crippen molar-refractivity contribution in [1.82, 2.24) is 15.1 Å². The van der Waals surface area contributed by atoms with Crippen LogP contribution in [0, 0.1) is 0 Å². The van der Waals surface area contributed by atoms with Gasteiger partial charge in [-0.1, -0.05) is 23.7 Å². The SMILES string of the molecule is NC1(CN2C(=O)S/C(=C(/Cc3ccc(Cl)cc3C(F)(F)F)c3ccc4[nH]ncc4c3)C2=O)CCC1. The van der Waals surface area contributed by atoms with Gasteiger partial charge in [-0.15, -0.1) is 0 Å². The summed E-state index contributed by atoms with van der Waals surface area (Å²) in [4.78, 5) is 27.4. The Morgan fingerprint density at radius 1 is 1.20 bits per heavy atom. The number of alkyl halides is 3. The van der Waals surface area contributed by atoms with Crippen LogP contribution >= 0.6 is 23.4 Å². The number of carbonyl (C=O) groups is 2. The van der Waals surface area contributed by atoms with Crippen LogP contribution < -0.4 is 5.73 Å². The second kappa shape index (κ2) is 8.69. The molecule has 0 spiro atoms. The van der Waals surface area contributed by atoms with Gasteiger partial charge >= 0.3 is 6.18 Å². The van der Waals surface area contributed by atoms with E-state index in [4.69, 9.17) is 17.3 Å². The first-order chi connectivity index (χ1) is 16.5. The number of rotatable bonds is 5. The highest BCUT2D eigenvalue weighted by atomic mass is 35.5. The second-order valence-electron chi connectivity index (χ2n) is 8.93. The molecule has 6 nitrogen and oxygen atoms in total. The summed E-state index contributed by atoms with van der Waals surface area (Å²) in [5.41, 5.74) is 6.31. The monoisotopic (exact) mass is 520 g/mol. The van der Waals surface area contributed by atoms with Crippen molar-refractivity contribution < 1.29 is 22.8 Å². The first-order valence-corrected chi connectivity index (χ1v) is 12.1. The Hall–Kier alpha value is -2.82. The van der Waals surface area contributed by atoms with Crippen molar-refractivity contribution in [3.05, 3.63) is 69.2 Å². The standard InChI is InChI=1S/C24H20ClF3N4O2S/c25-16-4-2-14(18(10-16)24(26,27)28)9-17(13-3-5-19-15(8-13)11-30-31-19)20-21(33)32(22(34)35-20)12-23(29)6-1-7-23/h2-5,8,10-11H,1,6-7,9,12,29H2,(H,30,31)/b20-17-. The molecule has 0 unspecified atom stereocenters. The van der Waals surface area contributed by atoms with Crippen LogP contribution in [0.2, 0.25) is 5.02 Å². The lowest BCUT2D eigenvalue weighted by molar-refractivity contribution is -0.138. The zero-order valence-electron chi connectivity index (χ0n) is 18.3. The van der Waals surface area contributed by atoms with Crippen molar-refractivity contribution in [3.8, 4) is 0 Å². The summed E-state index contributed by atoms with van der Waals surface area (Å²) in [7, 11) is 0. The number of fused-ring (bicyclic) bond motifs is 1. The molecule has 2 fully saturated rings. The van der Waals surface area contributed by atoms with E-state index in [0.717, 1.165) is 40.1 Å². The van der Waals surface area contributed by atoms with Crippen molar-refractivity contribution >= 4 is 51.0 Å². The molecule has 1 saturated heterocycles. The minimum absolute atomic E-state index is 0.0449. The number of thioether (sulfide) groups is 1. The first-order valence-electron chi connectivity index (χ1n) is 10.9. The largest absolute Gasteiger partial charge is 0.416 e. The molecular weight excluding hydrogens is 501 g/mol. The smallest absolute Gasteiger partial charge is 0.324 e. The van der Waals surface area contributed by atoms with E-state index in [-0.39, 0.29) is 28.5 Å². The van der Waals surface area contributed by atoms with Crippen molar-refractivity contribution in [2.75, 3.05) is 6.54 Å². The predicted octanol–water partition coefficient (Wildman–Crippen LogP) is 5.77. The number of aromatic nitrogens is 2. The molecule has 1 saturated carbocycles. The number of halogens is 4. The summed E-state index contributed by atoms with van der Waals surface area (Å²) in [5, 5.41) is 7.01. The quantitative estimate of drug-likeness (QED) is 0.417. The van der Waals surface area contributed by atoms with Gasteiger partial charge < -0.3 is 5.73 Å². The molecule has 11 heteroatoms. The zero-order valence-corrected chi connectivity index (χ0v) is 19.9. The van der Waals surface area contributed by atoms with E-state index >= 15 is 0 Å². The Morgan fingerprint density at radius 3 is 2.66 bits per heavy atom. The second-order valence-corrected chi connectivity index (χ2v) is 10.3. The molecule has 3 N–H and O–H groups in total. The van der Waals surface area contributed by atoms with Crippen LogP contribution in [0.15, 0.2) is 47.5 Å². The van der Waals surface area contributed by atoms with Gasteiger partial charge in [0.05, 0.1) is 22.2 Å². The van der Waals surface area contributed by atoms with E-state index in [1.807, 2.05) is 0 Å². The number of nitrogens with two attached hydrogens (primary N) is 1. The highest BCUT2D eigenvalue weighted by Gasteiger charge is 2.44. The molecule has 1 aliphatic heterocycles. The van der Waals surface area contributed by atoms with Crippen LogP contribution in [0.1, 0.15) is 36.0 Å². The van der Waals surface area contributed by atoms with Crippen molar-refractivity contribution in [2.45, 2.75) is 37.4 Å². The van der Waals surface area contributed by atoms with Gasteiger partial charge in [0, 0.05) is 22.5 Å². The number of imide groups is 1. The van der Waals surface area contributed by atoms with E-state index in [2.05, 4.69) is 10.2 Å². The number of hydrogen-bond donors (Lipinski definition) is 2. The molecule has 2 aromatic carbocycles. The lowest BCUT2D eigenvalue weighted by Crippen LogP contribution is -2.55. The summed E-state index contributed by atoms with van der Waals surface area (Å²) in [6.07, 6.45) is -0.946. The molecule has 0 bridgehead atoms. The third-order valence-corrected chi connectivity index (χ3v) is 7.73. The number of hydrogen-bond acceptors (Lipinski definition) is 5. The van der Waals surface area contributed by atoms with Gasteiger partial charge in [-0.2, -0.15) is 18.3 Å². The maximum Gasteiger partial charge on any atom is 0.416 e. The van der Waals surface area contributed by atoms with Gasteiger partial charge in [0.25, 0.3) is 11.1 Å². The lowest BCUT2D eigenvalue weighted by Gasteiger charge is -2.39. The maximum absolute atomic E-state index is 13.8. The minimum atomic E-state index is -4.64. The summed E-state index contributed by atoms with van der Waals surface area (Å²) in [6.45, 7) is 0.0873. The molecule has 0 radical (unpaired) electrons. The number of aromatic amines is 1. The molecule has 1 aliphatic carbocycles. The summed E-state index contributed by atoms with van der Waals surface area (Å²) < 4.78 is 41.5. The number of nitrogens with zero attached hydrogens (tertiary/aromatic N) is 2. The first kappa shape index (κ1) is 23.9. The van der Waals surface area contributed by atoms with Crippen LogP contribution in [0.25, 0.3) is 16.5 Å². The van der Waals surface area contributed by atoms with Crippen LogP contribution in [0.3, 0.4) is 0 Å². The van der Waals surface area contributed by atoms with Gasteiger partial charge in [-0.25, -0.2) is 0 Å². The van der Waals surface area contributed by atoms with E-state index in [1.54, 1.807) is 24.4 Å². The Morgan fingerprint density at radius 2 is 1.97 bits per heavy atom. The topological polar surface area (TPSA) is 92.1 Å². The highest BCUT2D eigenvalue weighted by molar-refractivity contribution is 8.18. The number of nitrogens with one attached hydrogen (secondary N) is 1. The molecule has 1 aromatic heterocycles. The maximum atomic E-state index is 13.8. The van der Waals surface area contributed by atoms with Crippen molar-refractivity contribution in [3.63, 3.8) is 0 Å².